The van der Waals surface area contributed by atoms with Crippen LogP contribution in [0.2, 0.25) is 0 Å². The number of nitrogens with one attached hydrogen (secondary N) is 3. The Morgan fingerprint density at radius 3 is 2.07 bits per heavy atom. The smallest absolute Gasteiger partial charge is 0.135 e. The molecule has 2 aromatic heterocycles. The number of pyridine rings is 1. The molecular weight excluding hydrogens is 677 g/mol. The van der Waals surface area contributed by atoms with Crippen LogP contribution in [0.1, 0.15) is 17.0 Å². The highest BCUT2D eigenvalue weighted by Crippen LogP contribution is 2.38. The molecule has 7 nitrogen and oxygen atoms in total. The second-order valence-corrected chi connectivity index (χ2v) is 14.3. The maximum Gasteiger partial charge on any atom is 0.135 e. The molecule has 1 unspecified atom stereocenters. The van der Waals surface area contributed by atoms with Crippen LogP contribution in [0.4, 0.5) is 0 Å². The number of benzene rings is 5. The van der Waals surface area contributed by atoms with Crippen molar-refractivity contribution in [2.24, 2.45) is 9.98 Å². The monoisotopic (exact) mass is 714 g/mol. The predicted octanol–water partition coefficient (Wildman–Crippen LogP) is 9.75. The van der Waals surface area contributed by atoms with Gasteiger partial charge in [0.2, 0.25) is 0 Å². The van der Waals surface area contributed by atoms with Gasteiger partial charge in [-0.3, -0.25) is 15.3 Å². The van der Waals surface area contributed by atoms with Gasteiger partial charge in [-0.25, -0.2) is 4.99 Å². The Kier molecular flexibility index (Phi) is 8.46. The van der Waals surface area contributed by atoms with Crippen molar-refractivity contribution in [1.82, 2.24) is 20.9 Å². The van der Waals surface area contributed by atoms with Crippen molar-refractivity contribution >= 4 is 40.1 Å². The molecule has 0 saturated carbocycles. The lowest BCUT2D eigenvalue weighted by Crippen LogP contribution is -2.27. The summed E-state index contributed by atoms with van der Waals surface area (Å²) in [5, 5.41) is 12.3. The quantitative estimate of drug-likeness (QED) is 0.153. The molecule has 0 fully saturated rings. The van der Waals surface area contributed by atoms with E-state index in [-0.39, 0.29) is 5.92 Å². The summed E-state index contributed by atoms with van der Waals surface area (Å²) in [6, 6.07) is 41.7. The largest absolute Gasteiger partial charge is 0.456 e. The third-order valence-corrected chi connectivity index (χ3v) is 10.7. The number of allylic oxidation sites excluding steroid dienone is 1. The number of hydrogen-bond acceptors (Lipinski definition) is 7. The SMILES string of the molecule is C1=NC=C(C2=CNCC(c3cccc(-c4cc(-c5cccc(-c6cncc(C7C=NCNC7)c6)c5)cc(-c5ccc6oc7ccccc7c6c5)c4)c3)=C2)CN1. The van der Waals surface area contributed by atoms with Crippen molar-refractivity contribution in [3.05, 3.63) is 168 Å². The van der Waals surface area contributed by atoms with Crippen molar-refractivity contribution in [3.63, 3.8) is 0 Å². The Balaban J connectivity index is 1.08. The predicted molar refractivity (Wildman–Crippen MR) is 226 cm³/mol. The summed E-state index contributed by atoms with van der Waals surface area (Å²) >= 11 is 0. The van der Waals surface area contributed by atoms with Crippen molar-refractivity contribution in [3.8, 4) is 44.5 Å². The molecule has 10 rings (SSSR count). The number of furan rings is 1. The van der Waals surface area contributed by atoms with E-state index in [1.807, 2.05) is 36.9 Å². The van der Waals surface area contributed by atoms with E-state index in [1.165, 1.54) is 11.1 Å². The molecule has 0 bridgehead atoms. The van der Waals surface area contributed by atoms with E-state index in [2.05, 4.69) is 146 Å². The van der Waals surface area contributed by atoms with Gasteiger partial charge in [0, 0.05) is 72.9 Å². The Morgan fingerprint density at radius 1 is 0.582 bits per heavy atom. The van der Waals surface area contributed by atoms with Crippen molar-refractivity contribution in [2.75, 3.05) is 26.3 Å². The summed E-state index contributed by atoms with van der Waals surface area (Å²) < 4.78 is 6.20. The van der Waals surface area contributed by atoms with Crippen molar-refractivity contribution in [1.29, 1.82) is 0 Å². The van der Waals surface area contributed by atoms with E-state index >= 15 is 0 Å². The van der Waals surface area contributed by atoms with Gasteiger partial charge in [0.1, 0.15) is 11.2 Å². The first-order valence-corrected chi connectivity index (χ1v) is 18.7. The van der Waals surface area contributed by atoms with E-state index < -0.39 is 0 Å². The van der Waals surface area contributed by atoms with Crippen LogP contribution >= 0.6 is 0 Å². The number of para-hydroxylation sites is 1. The van der Waals surface area contributed by atoms with Gasteiger partial charge in [0.25, 0.3) is 0 Å². The van der Waals surface area contributed by atoms with Gasteiger partial charge in [-0.05, 0) is 127 Å². The van der Waals surface area contributed by atoms with Gasteiger partial charge in [-0.1, -0.05) is 60.7 Å². The molecule has 5 heterocycles. The van der Waals surface area contributed by atoms with Gasteiger partial charge in [0.05, 0.1) is 13.0 Å². The first kappa shape index (κ1) is 32.8. The van der Waals surface area contributed by atoms with E-state index in [0.29, 0.717) is 6.67 Å². The molecule has 3 aliphatic heterocycles. The van der Waals surface area contributed by atoms with Crippen LogP contribution in [0.5, 0.6) is 0 Å². The van der Waals surface area contributed by atoms with E-state index in [1.54, 1.807) is 6.34 Å². The fourth-order valence-corrected chi connectivity index (χ4v) is 7.83. The third-order valence-electron chi connectivity index (χ3n) is 10.7. The molecule has 3 aliphatic rings. The molecule has 7 aromatic rings. The van der Waals surface area contributed by atoms with E-state index in [0.717, 1.165) is 103 Å². The molecule has 0 amide bonds. The number of nitrogens with zero attached hydrogens (tertiary/aromatic N) is 3. The topological polar surface area (TPSA) is 86.8 Å². The lowest BCUT2D eigenvalue weighted by Gasteiger charge is -2.19. The highest BCUT2D eigenvalue weighted by Gasteiger charge is 2.16. The van der Waals surface area contributed by atoms with Gasteiger partial charge in [-0.15, -0.1) is 0 Å². The Morgan fingerprint density at radius 2 is 1.29 bits per heavy atom. The van der Waals surface area contributed by atoms with E-state index in [4.69, 9.17) is 4.42 Å². The maximum atomic E-state index is 6.20. The Labute approximate surface area is 319 Å². The molecule has 7 heteroatoms. The van der Waals surface area contributed by atoms with Gasteiger partial charge < -0.3 is 15.1 Å². The minimum atomic E-state index is 0.211. The first-order valence-electron chi connectivity index (χ1n) is 18.7. The molecule has 3 N–H and O–H groups in total. The van der Waals surface area contributed by atoms with Crippen LogP contribution in [0.15, 0.2) is 172 Å². The standard InChI is InChI=1S/C48H38N6O/c1-2-10-47-45(9-1)46-20-35(11-12-48(46)55-47)38-16-36(31-5-3-7-33(13-31)39-18-41(23-49-21-39)43-25-51-29-52-26-43)15-37(17-38)32-6-4-8-34(14-32)40-19-42(24-50-22-40)44-27-53-30-54-28-44/h1-21,23-25,27,30,43,50,52H,22,26,28-29H2,(H,53,54). The van der Waals surface area contributed by atoms with Crippen LogP contribution in [0, 0.1) is 0 Å². The molecule has 0 spiro atoms. The molecule has 5 aromatic carbocycles. The number of aromatic nitrogens is 1. The van der Waals surface area contributed by atoms with Crippen LogP contribution in [0.25, 0.3) is 72.0 Å². The second-order valence-electron chi connectivity index (χ2n) is 14.3. The fraction of sp³-hybridized carbons (Fsp3) is 0.104. The fourth-order valence-electron chi connectivity index (χ4n) is 7.83. The molecular formula is C48H38N6O. The lowest BCUT2D eigenvalue weighted by atomic mass is 9.90. The van der Waals surface area contributed by atoms with Crippen LogP contribution in [-0.2, 0) is 0 Å². The first-order chi connectivity index (χ1) is 27.2. The Hall–Kier alpha value is -6.83. The summed E-state index contributed by atoms with van der Waals surface area (Å²) in [7, 11) is 0. The number of hydrogen-bond donors (Lipinski definition) is 3. The Bertz CT molecular complexity index is 2770. The normalized spacial score (nSPS) is 16.7. The molecule has 0 saturated heterocycles. The van der Waals surface area contributed by atoms with Gasteiger partial charge in [-0.2, -0.15) is 0 Å². The third kappa shape index (κ3) is 6.56. The lowest BCUT2D eigenvalue weighted by molar-refractivity contribution is 0.651. The summed E-state index contributed by atoms with van der Waals surface area (Å²) in [6.07, 6.45) is 14.0. The highest BCUT2D eigenvalue weighted by atomic mass is 16.3. The summed E-state index contributed by atoms with van der Waals surface area (Å²) in [5.74, 6) is 0.211. The molecule has 1 atom stereocenters. The molecule has 55 heavy (non-hydrogen) atoms. The summed E-state index contributed by atoms with van der Waals surface area (Å²) in [5.41, 5.74) is 16.8. The summed E-state index contributed by atoms with van der Waals surface area (Å²) in [4.78, 5) is 13.4. The van der Waals surface area contributed by atoms with Gasteiger partial charge in [0.15, 0.2) is 0 Å². The summed E-state index contributed by atoms with van der Waals surface area (Å²) in [6.45, 7) is 3.05. The molecule has 266 valence electrons. The minimum Gasteiger partial charge on any atom is -0.456 e. The molecule has 0 radical (unpaired) electrons. The van der Waals surface area contributed by atoms with Crippen molar-refractivity contribution < 1.29 is 4.42 Å². The van der Waals surface area contributed by atoms with E-state index in [9.17, 15) is 0 Å². The van der Waals surface area contributed by atoms with Crippen molar-refractivity contribution in [2.45, 2.75) is 5.92 Å². The maximum absolute atomic E-state index is 6.20. The van der Waals surface area contributed by atoms with Crippen LogP contribution < -0.4 is 16.0 Å². The highest BCUT2D eigenvalue weighted by molar-refractivity contribution is 6.06. The van der Waals surface area contributed by atoms with Crippen LogP contribution in [-0.4, -0.2) is 43.8 Å². The minimum absolute atomic E-state index is 0.211. The average molecular weight is 715 g/mol. The number of rotatable bonds is 7. The second kappa shape index (κ2) is 14.2. The number of dihydropyridines is 1. The molecule has 0 aliphatic carbocycles. The zero-order valence-electron chi connectivity index (χ0n) is 30.2. The average Bonchev–Trinajstić information content (AvgIpc) is 3.65. The zero-order chi connectivity index (χ0) is 36.6. The zero-order valence-corrected chi connectivity index (χ0v) is 30.2. The number of aliphatic imine (C=N–C) groups is 2. The van der Waals surface area contributed by atoms with Crippen LogP contribution in [0.3, 0.4) is 0 Å². The number of fused-ring (bicyclic) bond motifs is 3. The van der Waals surface area contributed by atoms with Gasteiger partial charge >= 0.3 is 0 Å².